The number of rotatable bonds is 7. The molecule has 0 atom stereocenters. The number of nitro groups is 1. The van der Waals surface area contributed by atoms with Gasteiger partial charge in [-0.15, -0.1) is 0 Å². The van der Waals surface area contributed by atoms with Crippen LogP contribution in [-0.2, 0) is 0 Å². The summed E-state index contributed by atoms with van der Waals surface area (Å²) >= 11 is 5.77. The second-order valence-corrected chi connectivity index (χ2v) is 5.71. The molecule has 0 unspecified atom stereocenters. The van der Waals surface area contributed by atoms with Gasteiger partial charge >= 0.3 is 5.69 Å². The molecule has 0 aliphatic heterocycles. The first kappa shape index (κ1) is 16.9. The summed E-state index contributed by atoms with van der Waals surface area (Å²) < 4.78 is 0. The average Bonchev–Trinajstić information content (AvgIpc) is 2.49. The molecule has 0 aliphatic rings. The molecule has 23 heavy (non-hydrogen) atoms. The first-order valence-electron chi connectivity index (χ1n) is 7.09. The summed E-state index contributed by atoms with van der Waals surface area (Å²) in [6, 6.07) is 3.24. The van der Waals surface area contributed by atoms with Crippen LogP contribution in [0.5, 0.6) is 0 Å². The molecule has 0 bridgehead atoms. The van der Waals surface area contributed by atoms with Crippen LogP contribution in [0.3, 0.4) is 0 Å². The highest BCUT2D eigenvalue weighted by molar-refractivity contribution is 6.30. The van der Waals surface area contributed by atoms with Crippen molar-refractivity contribution in [2.75, 3.05) is 17.2 Å². The summed E-state index contributed by atoms with van der Waals surface area (Å²) in [7, 11) is 0. The summed E-state index contributed by atoms with van der Waals surface area (Å²) in [4.78, 5) is 22.8. The van der Waals surface area contributed by atoms with Gasteiger partial charge in [0, 0.05) is 12.7 Å². The fourth-order valence-corrected chi connectivity index (χ4v) is 1.93. The third-order valence-corrected chi connectivity index (χ3v) is 3.22. The third-order valence-electron chi connectivity index (χ3n) is 2.99. The number of nitrogens with one attached hydrogen (secondary N) is 2. The summed E-state index contributed by atoms with van der Waals surface area (Å²) in [5.74, 6) is 1.15. The Hall–Kier alpha value is -2.48. The fourth-order valence-electron chi connectivity index (χ4n) is 1.82. The summed E-state index contributed by atoms with van der Waals surface area (Å²) in [6.07, 6.45) is 3.59. The van der Waals surface area contributed by atoms with Gasteiger partial charge in [-0.2, -0.15) is 0 Å². The molecule has 0 aliphatic carbocycles. The highest BCUT2D eigenvalue weighted by atomic mass is 35.5. The maximum atomic E-state index is 11.4. The van der Waals surface area contributed by atoms with Crippen LogP contribution in [-0.4, -0.2) is 26.4 Å². The highest BCUT2D eigenvalue weighted by Crippen LogP contribution is 2.30. The maximum Gasteiger partial charge on any atom is 0.353 e. The van der Waals surface area contributed by atoms with Crippen molar-refractivity contribution in [3.63, 3.8) is 0 Å². The first-order chi connectivity index (χ1) is 11.0. The zero-order valence-corrected chi connectivity index (χ0v) is 13.5. The Labute approximate surface area is 138 Å². The lowest BCUT2D eigenvalue weighted by molar-refractivity contribution is -0.383. The average molecular weight is 337 g/mol. The third kappa shape index (κ3) is 4.75. The zero-order chi connectivity index (χ0) is 16.8. The number of aromatic nitrogens is 3. The largest absolute Gasteiger partial charge is 0.364 e. The van der Waals surface area contributed by atoms with Crippen LogP contribution >= 0.6 is 11.6 Å². The van der Waals surface area contributed by atoms with E-state index in [1.807, 2.05) is 0 Å². The molecule has 122 valence electrons. The molecule has 0 fully saturated rings. The van der Waals surface area contributed by atoms with Crippen LogP contribution in [0.15, 0.2) is 24.7 Å². The molecule has 2 rings (SSSR count). The van der Waals surface area contributed by atoms with E-state index in [4.69, 9.17) is 11.6 Å². The molecule has 8 nitrogen and oxygen atoms in total. The van der Waals surface area contributed by atoms with Gasteiger partial charge in [-0.1, -0.05) is 25.4 Å². The second kappa shape index (κ2) is 7.68. The maximum absolute atomic E-state index is 11.4. The smallest absolute Gasteiger partial charge is 0.353 e. The number of hydrogen-bond donors (Lipinski definition) is 2. The fraction of sp³-hybridized carbons (Fsp3) is 0.357. The van der Waals surface area contributed by atoms with E-state index in [1.165, 1.54) is 12.5 Å². The van der Waals surface area contributed by atoms with Crippen LogP contribution < -0.4 is 10.6 Å². The van der Waals surface area contributed by atoms with E-state index < -0.39 is 4.92 Å². The van der Waals surface area contributed by atoms with E-state index in [0.29, 0.717) is 23.3 Å². The topological polar surface area (TPSA) is 106 Å². The molecule has 2 N–H and O–H groups in total. The van der Waals surface area contributed by atoms with Crippen molar-refractivity contribution < 1.29 is 4.92 Å². The number of hydrogen-bond acceptors (Lipinski definition) is 7. The Kier molecular flexibility index (Phi) is 5.64. The van der Waals surface area contributed by atoms with E-state index in [1.54, 1.807) is 12.1 Å². The lowest BCUT2D eigenvalue weighted by atomic mass is 10.1. The monoisotopic (exact) mass is 336 g/mol. The predicted octanol–water partition coefficient (Wildman–Crippen LogP) is 3.63. The van der Waals surface area contributed by atoms with E-state index in [0.717, 1.165) is 6.42 Å². The molecule has 0 radical (unpaired) electrons. The molecule has 2 aromatic rings. The molecular weight excluding hydrogens is 320 g/mol. The van der Waals surface area contributed by atoms with Crippen LogP contribution in [0.25, 0.3) is 0 Å². The Morgan fingerprint density at radius 1 is 1.26 bits per heavy atom. The van der Waals surface area contributed by atoms with Crippen molar-refractivity contribution in [1.82, 2.24) is 15.0 Å². The van der Waals surface area contributed by atoms with Gasteiger partial charge in [0.2, 0.25) is 11.6 Å². The van der Waals surface area contributed by atoms with Crippen LogP contribution in [0, 0.1) is 16.0 Å². The van der Waals surface area contributed by atoms with E-state index in [2.05, 4.69) is 39.4 Å². The minimum Gasteiger partial charge on any atom is -0.364 e. The SMILES string of the molecule is CC(C)CCNc1ncnc(Nc2ccc(Cl)cn2)c1[N+](=O)[O-]. The van der Waals surface area contributed by atoms with Crippen LogP contribution in [0.4, 0.5) is 23.1 Å². The molecule has 9 heteroatoms. The van der Waals surface area contributed by atoms with E-state index in [-0.39, 0.29) is 17.3 Å². The molecule has 2 aromatic heterocycles. The molecule has 2 heterocycles. The van der Waals surface area contributed by atoms with Gasteiger partial charge < -0.3 is 10.6 Å². The number of anilines is 3. The predicted molar refractivity (Wildman–Crippen MR) is 89.2 cm³/mol. The normalized spacial score (nSPS) is 10.6. The van der Waals surface area contributed by atoms with Crippen molar-refractivity contribution in [1.29, 1.82) is 0 Å². The Bertz CT molecular complexity index is 677. The molecule has 0 saturated carbocycles. The van der Waals surface area contributed by atoms with Gasteiger partial charge in [-0.3, -0.25) is 10.1 Å². The molecule has 0 amide bonds. The lowest BCUT2D eigenvalue weighted by Crippen LogP contribution is -2.10. The molecule has 0 saturated heterocycles. The second-order valence-electron chi connectivity index (χ2n) is 5.27. The molecule has 0 aromatic carbocycles. The first-order valence-corrected chi connectivity index (χ1v) is 7.47. The lowest BCUT2D eigenvalue weighted by Gasteiger charge is -2.10. The Morgan fingerprint density at radius 3 is 2.61 bits per heavy atom. The van der Waals surface area contributed by atoms with Crippen molar-refractivity contribution >= 4 is 34.7 Å². The van der Waals surface area contributed by atoms with Crippen LogP contribution in [0.1, 0.15) is 20.3 Å². The molecular formula is C14H17ClN6O2. The summed E-state index contributed by atoms with van der Waals surface area (Å²) in [6.45, 7) is 4.75. The standard InChI is InChI=1S/C14H17ClN6O2/c1-9(2)5-6-16-13-12(21(22)23)14(19-8-18-13)20-11-4-3-10(15)7-17-11/h3-4,7-9H,5-6H2,1-2H3,(H2,16,17,18,19,20). The quantitative estimate of drug-likeness (QED) is 0.587. The minimum absolute atomic E-state index is 0.0758. The minimum atomic E-state index is -0.518. The highest BCUT2D eigenvalue weighted by Gasteiger charge is 2.23. The van der Waals surface area contributed by atoms with Crippen molar-refractivity contribution in [2.45, 2.75) is 20.3 Å². The van der Waals surface area contributed by atoms with Gasteiger partial charge in [0.25, 0.3) is 0 Å². The zero-order valence-electron chi connectivity index (χ0n) is 12.8. The van der Waals surface area contributed by atoms with Gasteiger partial charge in [0.1, 0.15) is 12.1 Å². The number of halogens is 1. The number of nitrogens with zero attached hydrogens (tertiary/aromatic N) is 4. The van der Waals surface area contributed by atoms with Crippen molar-refractivity contribution in [2.24, 2.45) is 5.92 Å². The Balaban J connectivity index is 2.24. The van der Waals surface area contributed by atoms with Gasteiger partial charge in [-0.25, -0.2) is 15.0 Å². The molecule has 0 spiro atoms. The number of pyridine rings is 1. The Morgan fingerprint density at radius 2 is 2.00 bits per heavy atom. The van der Waals surface area contributed by atoms with Crippen LogP contribution in [0.2, 0.25) is 5.02 Å². The summed E-state index contributed by atoms with van der Waals surface area (Å²) in [5, 5.41) is 17.7. The van der Waals surface area contributed by atoms with Gasteiger partial charge in [0.15, 0.2) is 0 Å². The summed E-state index contributed by atoms with van der Waals surface area (Å²) in [5.41, 5.74) is -0.215. The van der Waals surface area contributed by atoms with Gasteiger partial charge in [-0.05, 0) is 24.5 Å². The van der Waals surface area contributed by atoms with Crippen molar-refractivity contribution in [3.05, 3.63) is 39.8 Å². The van der Waals surface area contributed by atoms with E-state index >= 15 is 0 Å². The van der Waals surface area contributed by atoms with Gasteiger partial charge in [0.05, 0.1) is 9.95 Å². The van der Waals surface area contributed by atoms with Crippen molar-refractivity contribution in [3.8, 4) is 0 Å². The van der Waals surface area contributed by atoms with E-state index in [9.17, 15) is 10.1 Å².